The largest absolute Gasteiger partial charge is 0.476 e. The van der Waals surface area contributed by atoms with Crippen molar-refractivity contribution in [1.29, 1.82) is 0 Å². The Morgan fingerprint density at radius 2 is 2.07 bits per heavy atom. The summed E-state index contributed by atoms with van der Waals surface area (Å²) in [5.41, 5.74) is 0.655. The second kappa shape index (κ2) is 3.53. The molecule has 0 unspecified atom stereocenters. The SMILES string of the molecule is Cc1oc(-c2ccncc2)nc1C(=O)O. The van der Waals surface area contributed by atoms with Crippen LogP contribution < -0.4 is 0 Å². The van der Waals surface area contributed by atoms with Crippen molar-refractivity contribution in [3.8, 4) is 11.5 Å². The smallest absolute Gasteiger partial charge is 0.358 e. The summed E-state index contributed by atoms with van der Waals surface area (Å²) in [6.07, 6.45) is 3.19. The molecule has 0 aliphatic heterocycles. The Balaban J connectivity index is 2.48. The van der Waals surface area contributed by atoms with Crippen LogP contribution in [0.5, 0.6) is 0 Å². The van der Waals surface area contributed by atoms with E-state index in [9.17, 15) is 4.79 Å². The molecule has 0 aliphatic carbocycles. The number of hydrogen-bond donors (Lipinski definition) is 1. The van der Waals surface area contributed by atoms with Gasteiger partial charge in [-0.05, 0) is 19.1 Å². The molecule has 0 bridgehead atoms. The summed E-state index contributed by atoms with van der Waals surface area (Å²) in [6.45, 7) is 1.57. The molecule has 2 aromatic heterocycles. The molecule has 2 rings (SSSR count). The molecule has 0 radical (unpaired) electrons. The highest BCUT2D eigenvalue weighted by Gasteiger charge is 2.16. The van der Waals surface area contributed by atoms with E-state index in [1.54, 1.807) is 31.5 Å². The van der Waals surface area contributed by atoms with Gasteiger partial charge >= 0.3 is 5.97 Å². The molecule has 0 amide bonds. The predicted molar refractivity (Wildman–Crippen MR) is 51.4 cm³/mol. The number of oxazole rings is 1. The van der Waals surface area contributed by atoms with E-state index in [4.69, 9.17) is 9.52 Å². The molecule has 0 aromatic carbocycles. The van der Waals surface area contributed by atoms with Crippen LogP contribution in [0.15, 0.2) is 28.9 Å². The van der Waals surface area contributed by atoms with Gasteiger partial charge in [-0.2, -0.15) is 0 Å². The maximum absolute atomic E-state index is 10.7. The van der Waals surface area contributed by atoms with Gasteiger partial charge in [0.05, 0.1) is 0 Å². The van der Waals surface area contributed by atoms with Gasteiger partial charge in [0.15, 0.2) is 5.69 Å². The van der Waals surface area contributed by atoms with Crippen LogP contribution in [-0.2, 0) is 0 Å². The quantitative estimate of drug-likeness (QED) is 0.806. The summed E-state index contributed by atoms with van der Waals surface area (Å²) in [7, 11) is 0. The van der Waals surface area contributed by atoms with Gasteiger partial charge in [-0.3, -0.25) is 4.98 Å². The first-order valence-corrected chi connectivity index (χ1v) is 4.29. The average molecular weight is 204 g/mol. The van der Waals surface area contributed by atoms with Crippen LogP contribution in [0.4, 0.5) is 0 Å². The first-order chi connectivity index (χ1) is 7.18. The maximum Gasteiger partial charge on any atom is 0.358 e. The van der Waals surface area contributed by atoms with Gasteiger partial charge in [-0.25, -0.2) is 9.78 Å². The summed E-state index contributed by atoms with van der Waals surface area (Å²) in [5.74, 6) is -0.488. The Morgan fingerprint density at radius 3 is 2.60 bits per heavy atom. The number of rotatable bonds is 2. The minimum atomic E-state index is -1.09. The zero-order valence-corrected chi connectivity index (χ0v) is 7.97. The normalized spacial score (nSPS) is 10.2. The van der Waals surface area contributed by atoms with Crippen LogP contribution in [0.2, 0.25) is 0 Å². The number of aromatic nitrogens is 2. The van der Waals surface area contributed by atoms with E-state index in [1.165, 1.54) is 0 Å². The standard InChI is InChI=1S/C10H8N2O3/c1-6-8(10(13)14)12-9(15-6)7-2-4-11-5-3-7/h2-5H,1H3,(H,13,14). The number of aryl methyl sites for hydroxylation is 1. The summed E-state index contributed by atoms with van der Waals surface area (Å²) < 4.78 is 5.24. The Labute approximate surface area is 85.4 Å². The molecular formula is C10H8N2O3. The minimum absolute atomic E-state index is 0.0539. The number of pyridine rings is 1. The second-order valence-electron chi connectivity index (χ2n) is 2.96. The Bertz CT molecular complexity index is 491. The Hall–Kier alpha value is -2.17. The van der Waals surface area contributed by atoms with Crippen molar-refractivity contribution >= 4 is 5.97 Å². The van der Waals surface area contributed by atoms with Gasteiger partial charge in [-0.1, -0.05) is 0 Å². The number of hydrogen-bond acceptors (Lipinski definition) is 4. The number of aromatic carboxylic acids is 1. The van der Waals surface area contributed by atoms with Gasteiger partial charge < -0.3 is 9.52 Å². The molecule has 0 spiro atoms. The lowest BCUT2D eigenvalue weighted by Gasteiger charge is -1.91. The molecule has 0 saturated carbocycles. The lowest BCUT2D eigenvalue weighted by Crippen LogP contribution is -1.98. The molecule has 1 N–H and O–H groups in total. The zero-order valence-electron chi connectivity index (χ0n) is 7.97. The summed E-state index contributed by atoms with van der Waals surface area (Å²) in [4.78, 5) is 18.5. The van der Waals surface area contributed by atoms with Crippen molar-refractivity contribution in [2.75, 3.05) is 0 Å². The molecule has 15 heavy (non-hydrogen) atoms. The predicted octanol–water partition coefficient (Wildman–Crippen LogP) is 1.74. The highest BCUT2D eigenvalue weighted by atomic mass is 16.4. The fraction of sp³-hybridized carbons (Fsp3) is 0.100. The zero-order chi connectivity index (χ0) is 10.8. The Morgan fingerprint density at radius 1 is 1.40 bits per heavy atom. The Kier molecular flexibility index (Phi) is 2.21. The van der Waals surface area contributed by atoms with Crippen LogP contribution in [0.25, 0.3) is 11.5 Å². The number of nitrogens with zero attached hydrogens (tertiary/aromatic N) is 2. The number of carboxylic acids is 1. The number of carboxylic acid groups (broad SMARTS) is 1. The molecular weight excluding hydrogens is 196 g/mol. The summed E-state index contributed by atoms with van der Waals surface area (Å²) >= 11 is 0. The second-order valence-corrected chi connectivity index (χ2v) is 2.96. The van der Waals surface area contributed by atoms with Crippen LogP contribution >= 0.6 is 0 Å². The maximum atomic E-state index is 10.7. The summed E-state index contributed by atoms with van der Waals surface area (Å²) in [6, 6.07) is 3.41. The highest BCUT2D eigenvalue weighted by Crippen LogP contribution is 2.20. The molecule has 5 nitrogen and oxygen atoms in total. The number of carbonyl (C=O) groups is 1. The van der Waals surface area contributed by atoms with Crippen molar-refractivity contribution in [2.45, 2.75) is 6.92 Å². The third kappa shape index (κ3) is 1.71. The van der Waals surface area contributed by atoms with Gasteiger partial charge in [0, 0.05) is 18.0 Å². The molecule has 76 valence electrons. The van der Waals surface area contributed by atoms with Gasteiger partial charge in [0.1, 0.15) is 5.76 Å². The van der Waals surface area contributed by atoms with Crippen molar-refractivity contribution in [3.05, 3.63) is 36.0 Å². The molecule has 0 aliphatic rings. The van der Waals surface area contributed by atoms with E-state index < -0.39 is 5.97 Å². The van der Waals surface area contributed by atoms with E-state index >= 15 is 0 Å². The molecule has 2 heterocycles. The van der Waals surface area contributed by atoms with E-state index in [2.05, 4.69) is 9.97 Å². The van der Waals surface area contributed by atoms with Crippen LogP contribution in [0.1, 0.15) is 16.2 Å². The van der Waals surface area contributed by atoms with Gasteiger partial charge in [-0.15, -0.1) is 0 Å². The minimum Gasteiger partial charge on any atom is -0.476 e. The van der Waals surface area contributed by atoms with Crippen molar-refractivity contribution < 1.29 is 14.3 Å². The molecule has 5 heteroatoms. The first kappa shape index (κ1) is 9.39. The van der Waals surface area contributed by atoms with E-state index in [0.717, 1.165) is 0 Å². The molecule has 0 fully saturated rings. The van der Waals surface area contributed by atoms with Gasteiger partial charge in [0.2, 0.25) is 5.89 Å². The van der Waals surface area contributed by atoms with E-state index in [-0.39, 0.29) is 5.69 Å². The lowest BCUT2D eigenvalue weighted by molar-refractivity contribution is 0.0689. The van der Waals surface area contributed by atoms with Crippen LogP contribution in [0, 0.1) is 6.92 Å². The topological polar surface area (TPSA) is 76.2 Å². The van der Waals surface area contributed by atoms with Crippen molar-refractivity contribution in [2.24, 2.45) is 0 Å². The van der Waals surface area contributed by atoms with E-state index in [0.29, 0.717) is 17.2 Å². The molecule has 0 saturated heterocycles. The van der Waals surface area contributed by atoms with E-state index in [1.807, 2.05) is 0 Å². The molecule has 0 atom stereocenters. The highest BCUT2D eigenvalue weighted by molar-refractivity contribution is 5.87. The fourth-order valence-corrected chi connectivity index (χ4v) is 1.21. The fourth-order valence-electron chi connectivity index (χ4n) is 1.21. The summed E-state index contributed by atoms with van der Waals surface area (Å²) in [5, 5.41) is 8.79. The monoisotopic (exact) mass is 204 g/mol. The van der Waals surface area contributed by atoms with Crippen LogP contribution in [-0.4, -0.2) is 21.0 Å². The average Bonchev–Trinajstić information content (AvgIpc) is 2.62. The van der Waals surface area contributed by atoms with Crippen LogP contribution in [0.3, 0.4) is 0 Å². The third-order valence-corrected chi connectivity index (χ3v) is 1.93. The lowest BCUT2D eigenvalue weighted by atomic mass is 10.3. The third-order valence-electron chi connectivity index (χ3n) is 1.93. The first-order valence-electron chi connectivity index (χ1n) is 4.29. The van der Waals surface area contributed by atoms with Gasteiger partial charge in [0.25, 0.3) is 0 Å². The van der Waals surface area contributed by atoms with Crippen molar-refractivity contribution in [3.63, 3.8) is 0 Å². The molecule has 2 aromatic rings. The van der Waals surface area contributed by atoms with Crippen molar-refractivity contribution in [1.82, 2.24) is 9.97 Å².